The molecule has 0 aliphatic heterocycles. The van der Waals surface area contributed by atoms with E-state index in [2.05, 4.69) is 25.2 Å². The Morgan fingerprint density at radius 2 is 1.82 bits per heavy atom. The fourth-order valence-electron chi connectivity index (χ4n) is 3.04. The van der Waals surface area contributed by atoms with Gasteiger partial charge in [0.2, 0.25) is 11.8 Å². The van der Waals surface area contributed by atoms with Crippen molar-refractivity contribution in [1.82, 2.24) is 5.32 Å². The summed E-state index contributed by atoms with van der Waals surface area (Å²) in [6.07, 6.45) is 2.13. The lowest BCUT2D eigenvalue weighted by Crippen LogP contribution is -2.39. The van der Waals surface area contributed by atoms with Crippen LogP contribution < -0.4 is 11.1 Å². The summed E-state index contributed by atoms with van der Waals surface area (Å²) in [5, 5.41) is 2.81. The molecule has 1 aromatic rings. The van der Waals surface area contributed by atoms with Gasteiger partial charge in [0, 0.05) is 0 Å². The molecule has 22 heavy (non-hydrogen) atoms. The number of amides is 2. The molecule has 0 spiro atoms. The molecule has 0 saturated heterocycles. The minimum absolute atomic E-state index is 0.0831. The zero-order valence-electron chi connectivity index (χ0n) is 13.6. The number of nitrogens with two attached hydrogens (primary N) is 1. The maximum Gasteiger partial charge on any atom is 0.244 e. The standard InChI is InChI=1S/C18H24N2O2/c1-11(2)10-13-14(18(13,3)4)17(22)20-15(16(19)21)12-8-6-5-7-9-12/h5-10,13-15H,1-4H3,(H2,19,21)(H,20,22)/t13-,14+,15+/m1/s1. The first-order valence-electron chi connectivity index (χ1n) is 7.54. The zero-order valence-corrected chi connectivity index (χ0v) is 13.6. The first-order chi connectivity index (χ1) is 10.2. The van der Waals surface area contributed by atoms with Crippen LogP contribution in [0.1, 0.15) is 39.3 Å². The number of rotatable bonds is 5. The Hall–Kier alpha value is -2.10. The summed E-state index contributed by atoms with van der Waals surface area (Å²) in [5.41, 5.74) is 7.28. The molecule has 1 fully saturated rings. The summed E-state index contributed by atoms with van der Waals surface area (Å²) in [6.45, 7) is 8.20. The molecule has 0 bridgehead atoms. The molecule has 1 saturated carbocycles. The normalized spacial score (nSPS) is 23.3. The maximum absolute atomic E-state index is 12.6. The van der Waals surface area contributed by atoms with Crippen molar-refractivity contribution in [2.45, 2.75) is 33.7 Å². The summed E-state index contributed by atoms with van der Waals surface area (Å²) < 4.78 is 0. The fourth-order valence-corrected chi connectivity index (χ4v) is 3.04. The third-order valence-corrected chi connectivity index (χ3v) is 4.41. The van der Waals surface area contributed by atoms with Crippen molar-refractivity contribution in [3.05, 3.63) is 47.5 Å². The molecule has 1 aliphatic carbocycles. The number of carbonyl (C=O) groups is 2. The third-order valence-electron chi connectivity index (χ3n) is 4.41. The van der Waals surface area contributed by atoms with Crippen LogP contribution >= 0.6 is 0 Å². The largest absolute Gasteiger partial charge is 0.368 e. The summed E-state index contributed by atoms with van der Waals surface area (Å²) in [5.74, 6) is -0.563. The molecule has 2 amide bonds. The van der Waals surface area contributed by atoms with Gasteiger partial charge in [-0.15, -0.1) is 0 Å². The Morgan fingerprint density at radius 3 is 2.32 bits per heavy atom. The molecule has 4 heteroatoms. The second-order valence-electron chi connectivity index (χ2n) is 6.82. The highest BCUT2D eigenvalue weighted by molar-refractivity contribution is 5.90. The summed E-state index contributed by atoms with van der Waals surface area (Å²) in [4.78, 5) is 24.2. The van der Waals surface area contributed by atoms with Gasteiger partial charge >= 0.3 is 0 Å². The van der Waals surface area contributed by atoms with E-state index in [4.69, 9.17) is 5.73 Å². The molecule has 0 unspecified atom stereocenters. The van der Waals surface area contributed by atoms with Crippen LogP contribution in [0.5, 0.6) is 0 Å². The second kappa shape index (κ2) is 5.95. The van der Waals surface area contributed by atoms with Gasteiger partial charge in [0.1, 0.15) is 6.04 Å². The Morgan fingerprint density at radius 1 is 1.23 bits per heavy atom. The minimum atomic E-state index is -0.780. The van der Waals surface area contributed by atoms with Gasteiger partial charge in [0.05, 0.1) is 5.92 Å². The van der Waals surface area contributed by atoms with Gasteiger partial charge in [-0.1, -0.05) is 55.8 Å². The predicted octanol–water partition coefficient (Wildman–Crippen LogP) is 2.57. The highest BCUT2D eigenvalue weighted by atomic mass is 16.2. The van der Waals surface area contributed by atoms with Crippen molar-refractivity contribution < 1.29 is 9.59 Å². The molecular formula is C18H24N2O2. The first-order valence-corrected chi connectivity index (χ1v) is 7.54. The molecule has 0 heterocycles. The van der Waals surface area contributed by atoms with E-state index in [1.54, 1.807) is 12.1 Å². The SMILES string of the molecule is CC(C)=C[C@@H]1[C@@H](C(=O)N[C@H](C(N)=O)c2ccccc2)C1(C)C. The Balaban J connectivity index is 2.14. The number of hydrogen-bond donors (Lipinski definition) is 2. The maximum atomic E-state index is 12.6. The van der Waals surface area contributed by atoms with Gasteiger partial charge < -0.3 is 11.1 Å². The fraction of sp³-hybridized carbons (Fsp3) is 0.444. The van der Waals surface area contributed by atoms with Gasteiger partial charge in [0.15, 0.2) is 0 Å². The van der Waals surface area contributed by atoms with Crippen LogP contribution in [0, 0.1) is 17.3 Å². The summed E-state index contributed by atoms with van der Waals surface area (Å²) in [6, 6.07) is 8.31. The van der Waals surface area contributed by atoms with Crippen molar-refractivity contribution in [1.29, 1.82) is 0 Å². The molecule has 4 nitrogen and oxygen atoms in total. The average molecular weight is 300 g/mol. The van der Waals surface area contributed by atoms with Crippen LogP contribution in [0.3, 0.4) is 0 Å². The van der Waals surface area contributed by atoms with Crippen LogP contribution in [0.2, 0.25) is 0 Å². The molecule has 1 aromatic carbocycles. The van der Waals surface area contributed by atoms with Crippen LogP contribution in [0.25, 0.3) is 0 Å². The summed E-state index contributed by atoms with van der Waals surface area (Å²) in [7, 11) is 0. The van der Waals surface area contributed by atoms with Crippen LogP contribution in [-0.4, -0.2) is 11.8 Å². The smallest absolute Gasteiger partial charge is 0.244 e. The van der Waals surface area contributed by atoms with Crippen molar-refractivity contribution >= 4 is 11.8 Å². The van der Waals surface area contributed by atoms with Crippen molar-refractivity contribution in [3.8, 4) is 0 Å². The molecule has 3 atom stereocenters. The van der Waals surface area contributed by atoms with Crippen LogP contribution in [-0.2, 0) is 9.59 Å². The molecule has 118 valence electrons. The molecule has 2 rings (SSSR count). The quantitative estimate of drug-likeness (QED) is 0.820. The van der Waals surface area contributed by atoms with E-state index in [9.17, 15) is 9.59 Å². The Bertz CT molecular complexity index is 601. The lowest BCUT2D eigenvalue weighted by atomic mass is 10.1. The number of primary amides is 1. The number of benzene rings is 1. The Labute approximate surface area is 131 Å². The molecule has 0 radical (unpaired) electrons. The van der Waals surface area contributed by atoms with E-state index in [-0.39, 0.29) is 23.2 Å². The van der Waals surface area contributed by atoms with Gasteiger partial charge in [-0.05, 0) is 30.7 Å². The third kappa shape index (κ3) is 3.21. The average Bonchev–Trinajstić information content (AvgIpc) is 2.96. The van der Waals surface area contributed by atoms with E-state index in [0.29, 0.717) is 5.56 Å². The number of allylic oxidation sites excluding steroid dienone is 2. The highest BCUT2D eigenvalue weighted by Crippen LogP contribution is 2.59. The first kappa shape index (κ1) is 16.3. The lowest BCUT2D eigenvalue weighted by molar-refractivity contribution is -0.128. The van der Waals surface area contributed by atoms with Gasteiger partial charge in [-0.2, -0.15) is 0 Å². The van der Waals surface area contributed by atoms with E-state index in [0.717, 1.165) is 0 Å². The van der Waals surface area contributed by atoms with E-state index >= 15 is 0 Å². The molecular weight excluding hydrogens is 276 g/mol. The monoisotopic (exact) mass is 300 g/mol. The molecule has 0 aromatic heterocycles. The lowest BCUT2D eigenvalue weighted by Gasteiger charge is -2.16. The number of hydrogen-bond acceptors (Lipinski definition) is 2. The molecule has 3 N–H and O–H groups in total. The van der Waals surface area contributed by atoms with Gasteiger partial charge in [-0.25, -0.2) is 0 Å². The van der Waals surface area contributed by atoms with E-state index in [1.807, 2.05) is 32.0 Å². The molecule has 1 aliphatic rings. The van der Waals surface area contributed by atoms with Crippen LogP contribution in [0.4, 0.5) is 0 Å². The topological polar surface area (TPSA) is 72.2 Å². The Kier molecular flexibility index (Phi) is 4.40. The van der Waals surface area contributed by atoms with Crippen molar-refractivity contribution in [2.24, 2.45) is 23.0 Å². The zero-order chi connectivity index (χ0) is 16.5. The van der Waals surface area contributed by atoms with E-state index in [1.165, 1.54) is 5.57 Å². The number of carbonyl (C=O) groups excluding carboxylic acids is 2. The van der Waals surface area contributed by atoms with Gasteiger partial charge in [0.25, 0.3) is 0 Å². The predicted molar refractivity (Wildman–Crippen MR) is 86.7 cm³/mol. The van der Waals surface area contributed by atoms with Gasteiger partial charge in [-0.3, -0.25) is 9.59 Å². The van der Waals surface area contributed by atoms with Crippen molar-refractivity contribution in [3.63, 3.8) is 0 Å². The minimum Gasteiger partial charge on any atom is -0.368 e. The second-order valence-corrected chi connectivity index (χ2v) is 6.82. The number of nitrogens with one attached hydrogen (secondary N) is 1. The highest BCUT2D eigenvalue weighted by Gasteiger charge is 2.60. The van der Waals surface area contributed by atoms with E-state index < -0.39 is 11.9 Å². The summed E-state index contributed by atoms with van der Waals surface area (Å²) >= 11 is 0. The van der Waals surface area contributed by atoms with Crippen LogP contribution in [0.15, 0.2) is 42.0 Å². The van der Waals surface area contributed by atoms with Crippen molar-refractivity contribution in [2.75, 3.05) is 0 Å².